The number of benzene rings is 1. The predicted molar refractivity (Wildman–Crippen MR) is 73.0 cm³/mol. The monoisotopic (exact) mass is 282 g/mol. The van der Waals surface area contributed by atoms with E-state index in [4.69, 9.17) is 5.73 Å². The second-order valence-corrected chi connectivity index (χ2v) is 5.28. The lowest BCUT2D eigenvalue weighted by molar-refractivity contribution is -0.132. The molecular formula is C15H20F2N2O. The lowest BCUT2D eigenvalue weighted by Crippen LogP contribution is -2.38. The van der Waals surface area contributed by atoms with Gasteiger partial charge in [0.1, 0.15) is 11.6 Å². The van der Waals surface area contributed by atoms with Crippen molar-refractivity contribution in [3.05, 3.63) is 35.4 Å². The average Bonchev–Trinajstić information content (AvgIpc) is 2.41. The highest BCUT2D eigenvalue weighted by Crippen LogP contribution is 2.19. The van der Waals surface area contributed by atoms with Gasteiger partial charge in [-0.2, -0.15) is 0 Å². The van der Waals surface area contributed by atoms with E-state index < -0.39 is 17.7 Å². The number of hydrogen-bond donors (Lipinski definition) is 1. The minimum atomic E-state index is -0.700. The molecule has 110 valence electrons. The zero-order valence-electron chi connectivity index (χ0n) is 11.4. The van der Waals surface area contributed by atoms with Gasteiger partial charge < -0.3 is 10.6 Å². The van der Waals surface area contributed by atoms with Gasteiger partial charge in [-0.05, 0) is 31.0 Å². The molecule has 0 aliphatic carbocycles. The molecule has 0 bridgehead atoms. The van der Waals surface area contributed by atoms with Crippen LogP contribution in [0.5, 0.6) is 0 Å². The first kappa shape index (κ1) is 14.9. The summed E-state index contributed by atoms with van der Waals surface area (Å²) < 4.78 is 26.8. The van der Waals surface area contributed by atoms with Crippen LogP contribution in [-0.4, -0.2) is 23.9 Å². The highest BCUT2D eigenvalue weighted by atomic mass is 19.1. The van der Waals surface area contributed by atoms with Crippen molar-refractivity contribution in [2.24, 2.45) is 5.73 Å². The van der Waals surface area contributed by atoms with Gasteiger partial charge >= 0.3 is 0 Å². The molecule has 0 saturated carbocycles. The Bertz CT molecular complexity index is 479. The topological polar surface area (TPSA) is 46.3 Å². The largest absolute Gasteiger partial charge is 0.341 e. The van der Waals surface area contributed by atoms with Crippen molar-refractivity contribution in [1.82, 2.24) is 4.90 Å². The van der Waals surface area contributed by atoms with Crippen LogP contribution in [0.1, 0.15) is 43.7 Å². The predicted octanol–water partition coefficient (Wildman–Crippen LogP) is 2.76. The summed E-state index contributed by atoms with van der Waals surface area (Å²) in [4.78, 5) is 13.7. The van der Waals surface area contributed by atoms with Crippen LogP contribution in [0.2, 0.25) is 0 Å². The second kappa shape index (κ2) is 6.79. The Balaban J connectivity index is 2.06. The van der Waals surface area contributed by atoms with E-state index in [0.717, 1.165) is 43.9 Å². The third-order valence-corrected chi connectivity index (χ3v) is 3.70. The summed E-state index contributed by atoms with van der Waals surface area (Å²) in [7, 11) is 0. The maximum Gasteiger partial charge on any atom is 0.222 e. The summed E-state index contributed by atoms with van der Waals surface area (Å²) in [6.07, 6.45) is 4.50. The van der Waals surface area contributed by atoms with Crippen molar-refractivity contribution >= 4 is 5.91 Å². The van der Waals surface area contributed by atoms with Gasteiger partial charge in [-0.1, -0.05) is 12.8 Å². The van der Waals surface area contributed by atoms with Crippen LogP contribution in [0.3, 0.4) is 0 Å². The van der Waals surface area contributed by atoms with Crippen LogP contribution in [0.25, 0.3) is 0 Å². The Labute approximate surface area is 117 Å². The van der Waals surface area contributed by atoms with Crippen molar-refractivity contribution < 1.29 is 13.6 Å². The maximum atomic E-state index is 13.7. The Morgan fingerprint density at radius 2 is 1.95 bits per heavy atom. The zero-order chi connectivity index (χ0) is 14.5. The van der Waals surface area contributed by atoms with Crippen molar-refractivity contribution in [3.63, 3.8) is 0 Å². The van der Waals surface area contributed by atoms with Gasteiger partial charge in [-0.25, -0.2) is 8.78 Å². The third-order valence-electron chi connectivity index (χ3n) is 3.70. The summed E-state index contributed by atoms with van der Waals surface area (Å²) in [6.45, 7) is 0.878. The first-order chi connectivity index (χ1) is 9.58. The molecule has 1 saturated heterocycles. The Hall–Kier alpha value is -1.49. The van der Waals surface area contributed by atoms with Crippen molar-refractivity contribution in [2.45, 2.75) is 38.1 Å². The SMILES string of the molecule is NC(CN1CCCCCCC1=O)c1cc(F)ccc1F. The van der Waals surface area contributed by atoms with Gasteiger partial charge in [0.2, 0.25) is 5.91 Å². The van der Waals surface area contributed by atoms with E-state index in [-0.39, 0.29) is 18.0 Å². The molecule has 0 aromatic heterocycles. The molecule has 1 amide bonds. The summed E-state index contributed by atoms with van der Waals surface area (Å²) in [6, 6.07) is 2.54. The van der Waals surface area contributed by atoms with Gasteiger partial charge in [0.15, 0.2) is 0 Å². The Morgan fingerprint density at radius 1 is 1.20 bits per heavy atom. The Morgan fingerprint density at radius 3 is 2.75 bits per heavy atom. The molecule has 1 unspecified atom stereocenters. The van der Waals surface area contributed by atoms with Gasteiger partial charge in [0.25, 0.3) is 0 Å². The summed E-state index contributed by atoms with van der Waals surface area (Å²) in [5.74, 6) is -0.994. The third kappa shape index (κ3) is 3.76. The number of nitrogens with two attached hydrogens (primary N) is 1. The van der Waals surface area contributed by atoms with Gasteiger partial charge in [-0.3, -0.25) is 4.79 Å². The average molecular weight is 282 g/mol. The van der Waals surface area contributed by atoms with E-state index in [1.54, 1.807) is 4.90 Å². The van der Waals surface area contributed by atoms with Crippen LogP contribution in [-0.2, 0) is 4.79 Å². The molecule has 3 nitrogen and oxygen atoms in total. The van der Waals surface area contributed by atoms with Crippen molar-refractivity contribution in [3.8, 4) is 0 Å². The van der Waals surface area contributed by atoms with Gasteiger partial charge in [-0.15, -0.1) is 0 Å². The number of likely N-dealkylation sites (tertiary alicyclic amines) is 1. The fraction of sp³-hybridized carbons (Fsp3) is 0.533. The standard InChI is InChI=1S/C15H20F2N2O/c16-11-6-7-13(17)12(9-11)14(18)10-19-8-4-2-1-3-5-15(19)20/h6-7,9,14H,1-5,8,10,18H2. The highest BCUT2D eigenvalue weighted by Gasteiger charge is 2.20. The molecule has 2 N–H and O–H groups in total. The molecule has 5 heteroatoms. The minimum Gasteiger partial charge on any atom is -0.341 e. The molecule has 1 aliphatic heterocycles. The normalized spacial score (nSPS) is 18.6. The molecule has 1 aromatic carbocycles. The summed E-state index contributed by atoms with van der Waals surface area (Å²) >= 11 is 0. The Kier molecular flexibility index (Phi) is 5.06. The van der Waals surface area contributed by atoms with Crippen molar-refractivity contribution in [2.75, 3.05) is 13.1 Å². The second-order valence-electron chi connectivity index (χ2n) is 5.28. The first-order valence-electron chi connectivity index (χ1n) is 7.06. The molecule has 1 heterocycles. The van der Waals surface area contributed by atoms with E-state index in [2.05, 4.69) is 0 Å². The first-order valence-corrected chi connectivity index (χ1v) is 7.06. The molecule has 0 radical (unpaired) electrons. The molecule has 1 aliphatic rings. The van der Waals surface area contributed by atoms with Crippen LogP contribution in [0.4, 0.5) is 8.78 Å². The summed E-state index contributed by atoms with van der Waals surface area (Å²) in [5, 5.41) is 0. The number of amides is 1. The lowest BCUT2D eigenvalue weighted by atomic mass is 10.0. The number of carbonyl (C=O) groups excluding carboxylic acids is 1. The molecule has 2 rings (SSSR count). The lowest BCUT2D eigenvalue weighted by Gasteiger charge is -2.28. The maximum absolute atomic E-state index is 13.7. The van der Waals surface area contributed by atoms with Crippen LogP contribution in [0, 0.1) is 11.6 Å². The number of halogens is 2. The van der Waals surface area contributed by atoms with Crippen LogP contribution >= 0.6 is 0 Å². The fourth-order valence-electron chi connectivity index (χ4n) is 2.54. The molecule has 0 spiro atoms. The molecule has 1 aromatic rings. The molecule has 20 heavy (non-hydrogen) atoms. The smallest absolute Gasteiger partial charge is 0.222 e. The zero-order valence-corrected chi connectivity index (χ0v) is 11.4. The van der Waals surface area contributed by atoms with E-state index in [9.17, 15) is 13.6 Å². The quantitative estimate of drug-likeness (QED) is 0.926. The number of hydrogen-bond acceptors (Lipinski definition) is 2. The summed E-state index contributed by atoms with van der Waals surface area (Å²) in [5.41, 5.74) is 6.07. The van der Waals surface area contributed by atoms with Gasteiger partial charge in [0.05, 0.1) is 6.04 Å². The van der Waals surface area contributed by atoms with Crippen LogP contribution in [0.15, 0.2) is 18.2 Å². The van der Waals surface area contributed by atoms with E-state index >= 15 is 0 Å². The van der Waals surface area contributed by atoms with E-state index in [1.807, 2.05) is 0 Å². The van der Waals surface area contributed by atoms with Crippen LogP contribution < -0.4 is 5.73 Å². The van der Waals surface area contributed by atoms with Crippen molar-refractivity contribution in [1.29, 1.82) is 0 Å². The van der Waals surface area contributed by atoms with Gasteiger partial charge in [0, 0.05) is 25.1 Å². The van der Waals surface area contributed by atoms with E-state index in [0.29, 0.717) is 13.0 Å². The molecule has 1 fully saturated rings. The molecular weight excluding hydrogens is 262 g/mol. The minimum absolute atomic E-state index is 0.0527. The number of nitrogens with zero attached hydrogens (tertiary/aromatic N) is 1. The number of carbonyl (C=O) groups is 1. The fourth-order valence-corrected chi connectivity index (χ4v) is 2.54. The highest BCUT2D eigenvalue weighted by molar-refractivity contribution is 5.76. The molecule has 1 atom stereocenters. The van der Waals surface area contributed by atoms with E-state index in [1.165, 1.54) is 0 Å². The number of rotatable bonds is 3.